The van der Waals surface area contributed by atoms with Crippen molar-refractivity contribution >= 4 is 17.4 Å². The number of methoxy groups -OCH3 is 1. The van der Waals surface area contributed by atoms with Gasteiger partial charge in [0.2, 0.25) is 0 Å². The Bertz CT molecular complexity index is 1050. The molecule has 0 radical (unpaired) electrons. The fourth-order valence-electron chi connectivity index (χ4n) is 4.47. The lowest BCUT2D eigenvalue weighted by atomic mass is 9.94. The van der Waals surface area contributed by atoms with Crippen LogP contribution in [0.25, 0.3) is 5.76 Å². The highest BCUT2D eigenvalue weighted by atomic mass is 16.5. The summed E-state index contributed by atoms with van der Waals surface area (Å²) < 4.78 is 10.6. The molecule has 2 aliphatic rings. The van der Waals surface area contributed by atoms with Crippen LogP contribution < -0.4 is 4.74 Å². The lowest BCUT2D eigenvalue weighted by Crippen LogP contribution is -2.38. The van der Waals surface area contributed by atoms with E-state index < -0.39 is 17.7 Å². The number of aliphatic hydroxyl groups is 1. The van der Waals surface area contributed by atoms with Gasteiger partial charge in [0, 0.05) is 44.1 Å². The number of carbonyl (C=O) groups is 2. The maximum Gasteiger partial charge on any atom is 0.295 e. The second-order valence-electron chi connectivity index (χ2n) is 8.26. The first-order valence-corrected chi connectivity index (χ1v) is 11.1. The third-order valence-electron chi connectivity index (χ3n) is 6.23. The summed E-state index contributed by atoms with van der Waals surface area (Å²) >= 11 is 0. The van der Waals surface area contributed by atoms with Crippen LogP contribution in [-0.2, 0) is 14.3 Å². The highest BCUT2D eigenvalue weighted by molar-refractivity contribution is 6.46. The highest BCUT2D eigenvalue weighted by Gasteiger charge is 2.45. The van der Waals surface area contributed by atoms with E-state index in [1.54, 1.807) is 54.7 Å². The number of benzene rings is 1. The van der Waals surface area contributed by atoms with Crippen molar-refractivity contribution in [2.24, 2.45) is 0 Å². The quantitative estimate of drug-likeness (QED) is 0.393. The minimum atomic E-state index is -0.670. The van der Waals surface area contributed by atoms with Gasteiger partial charge in [-0.25, -0.2) is 0 Å². The van der Waals surface area contributed by atoms with Crippen LogP contribution in [0.1, 0.15) is 29.2 Å². The first kappa shape index (κ1) is 22.9. The molecule has 4 rings (SSSR count). The number of Topliss-reactive ketones (excluding diaryl/α,β-unsaturated/α-hetero) is 1. The number of aromatic nitrogens is 1. The molecule has 2 aromatic rings. The molecule has 2 aliphatic heterocycles. The van der Waals surface area contributed by atoms with E-state index in [0.717, 1.165) is 37.2 Å². The van der Waals surface area contributed by atoms with E-state index >= 15 is 0 Å². The van der Waals surface area contributed by atoms with Crippen molar-refractivity contribution in [2.75, 3.05) is 46.5 Å². The molecule has 33 heavy (non-hydrogen) atoms. The first-order chi connectivity index (χ1) is 16.0. The van der Waals surface area contributed by atoms with E-state index in [2.05, 4.69) is 9.88 Å². The van der Waals surface area contributed by atoms with Crippen molar-refractivity contribution in [3.8, 4) is 5.75 Å². The molecule has 174 valence electrons. The smallest absolute Gasteiger partial charge is 0.295 e. The van der Waals surface area contributed by atoms with Crippen molar-refractivity contribution in [3.05, 3.63) is 65.0 Å². The Kier molecular flexibility index (Phi) is 7.05. The second kappa shape index (κ2) is 10.1. The van der Waals surface area contributed by atoms with E-state index in [4.69, 9.17) is 9.47 Å². The molecule has 3 heterocycles. The fraction of sp³-hybridized carbons (Fsp3) is 0.400. The molecule has 1 atom stereocenters. The van der Waals surface area contributed by atoms with E-state index in [-0.39, 0.29) is 11.3 Å². The molecule has 1 unspecified atom stereocenters. The Balaban J connectivity index is 1.67. The normalized spacial score (nSPS) is 20.9. The number of carbonyl (C=O) groups excluding carboxylic acids is 2. The molecule has 1 aromatic carbocycles. The summed E-state index contributed by atoms with van der Waals surface area (Å²) in [5.74, 6) is -0.785. The molecular weight excluding hydrogens is 422 g/mol. The molecule has 0 bridgehead atoms. The summed E-state index contributed by atoms with van der Waals surface area (Å²) in [6, 6.07) is 8.11. The number of morpholine rings is 1. The summed E-state index contributed by atoms with van der Waals surface area (Å²) in [5, 5.41) is 11.2. The largest absolute Gasteiger partial charge is 0.507 e. The molecule has 1 aromatic heterocycles. The number of ether oxygens (including phenoxy) is 2. The molecule has 2 fully saturated rings. The molecule has 0 spiro atoms. The van der Waals surface area contributed by atoms with Gasteiger partial charge in [0.25, 0.3) is 11.7 Å². The van der Waals surface area contributed by atoms with E-state index in [9.17, 15) is 14.7 Å². The zero-order valence-corrected chi connectivity index (χ0v) is 19.0. The maximum absolute atomic E-state index is 13.1. The molecule has 1 amide bonds. The fourth-order valence-corrected chi connectivity index (χ4v) is 4.47. The molecule has 1 N–H and O–H groups in total. The van der Waals surface area contributed by atoms with E-state index in [1.807, 2.05) is 6.92 Å². The van der Waals surface area contributed by atoms with Gasteiger partial charge < -0.3 is 19.5 Å². The lowest BCUT2D eigenvalue weighted by molar-refractivity contribution is -0.140. The average Bonchev–Trinajstić information content (AvgIpc) is 3.10. The molecule has 2 saturated heterocycles. The van der Waals surface area contributed by atoms with Crippen LogP contribution in [0.15, 0.2) is 48.3 Å². The number of likely N-dealkylation sites (tertiary alicyclic amines) is 1. The number of amides is 1. The van der Waals surface area contributed by atoms with Crippen LogP contribution in [0.5, 0.6) is 5.75 Å². The van der Waals surface area contributed by atoms with Gasteiger partial charge in [-0.2, -0.15) is 0 Å². The number of hydrogen-bond acceptors (Lipinski definition) is 7. The average molecular weight is 452 g/mol. The van der Waals surface area contributed by atoms with Crippen LogP contribution in [0.2, 0.25) is 0 Å². The first-order valence-electron chi connectivity index (χ1n) is 11.1. The monoisotopic (exact) mass is 451 g/mol. The Hall–Kier alpha value is -3.23. The Morgan fingerprint density at radius 3 is 2.55 bits per heavy atom. The molecular formula is C25H29N3O5. The summed E-state index contributed by atoms with van der Waals surface area (Å²) in [5.41, 5.74) is 2.09. The molecule has 0 saturated carbocycles. The minimum Gasteiger partial charge on any atom is -0.507 e. The van der Waals surface area contributed by atoms with E-state index in [1.165, 1.54) is 0 Å². The van der Waals surface area contributed by atoms with Crippen molar-refractivity contribution in [1.29, 1.82) is 0 Å². The van der Waals surface area contributed by atoms with Gasteiger partial charge in [-0.05, 0) is 54.8 Å². The topological polar surface area (TPSA) is 92.2 Å². The number of hydrogen-bond donors (Lipinski definition) is 1. The van der Waals surface area contributed by atoms with Gasteiger partial charge >= 0.3 is 0 Å². The number of pyridine rings is 1. The van der Waals surface area contributed by atoms with Crippen LogP contribution in [0.3, 0.4) is 0 Å². The second-order valence-corrected chi connectivity index (χ2v) is 8.26. The number of ketones is 1. The Morgan fingerprint density at radius 1 is 1.15 bits per heavy atom. The van der Waals surface area contributed by atoms with Gasteiger partial charge in [0.1, 0.15) is 11.5 Å². The summed E-state index contributed by atoms with van der Waals surface area (Å²) in [6.07, 6.45) is 3.97. The maximum atomic E-state index is 13.1. The zero-order chi connectivity index (χ0) is 23.4. The molecule has 8 nitrogen and oxygen atoms in total. The lowest BCUT2D eigenvalue weighted by Gasteiger charge is -2.29. The summed E-state index contributed by atoms with van der Waals surface area (Å²) in [4.78, 5) is 34.1. The van der Waals surface area contributed by atoms with Crippen LogP contribution in [0.4, 0.5) is 0 Å². The predicted molar refractivity (Wildman–Crippen MR) is 123 cm³/mol. The Labute approximate surface area is 193 Å². The van der Waals surface area contributed by atoms with E-state index in [0.29, 0.717) is 31.1 Å². The minimum absolute atomic E-state index is 0.103. The van der Waals surface area contributed by atoms with Crippen LogP contribution in [0, 0.1) is 6.92 Å². The molecule has 8 heteroatoms. The standard InChI is InChI=1S/C25H29N3O5/c1-17-16-19(32-2)4-5-20(17)23(29)21-22(18-6-8-26-9-7-18)28(25(31)24(21)30)11-3-10-27-12-14-33-15-13-27/h4-9,16,22,29H,3,10-15H2,1-2H3/b23-21+. The van der Waals surface area contributed by atoms with Gasteiger partial charge in [-0.15, -0.1) is 0 Å². The summed E-state index contributed by atoms with van der Waals surface area (Å²) in [7, 11) is 1.57. The van der Waals surface area contributed by atoms with Gasteiger partial charge in [0.15, 0.2) is 0 Å². The van der Waals surface area contributed by atoms with Crippen molar-refractivity contribution in [3.63, 3.8) is 0 Å². The number of rotatable bonds is 7. The third kappa shape index (κ3) is 4.77. The van der Waals surface area contributed by atoms with Crippen LogP contribution in [-0.4, -0.2) is 78.1 Å². The zero-order valence-electron chi connectivity index (χ0n) is 19.0. The van der Waals surface area contributed by atoms with Gasteiger partial charge in [-0.3, -0.25) is 19.5 Å². The highest BCUT2D eigenvalue weighted by Crippen LogP contribution is 2.40. The van der Waals surface area contributed by atoms with Crippen molar-refractivity contribution in [1.82, 2.24) is 14.8 Å². The SMILES string of the molecule is COc1ccc(/C(O)=C2\C(=O)C(=O)N(CCCN3CCOCC3)C2c2ccncc2)c(C)c1. The number of nitrogens with zero attached hydrogens (tertiary/aromatic N) is 3. The van der Waals surface area contributed by atoms with Crippen molar-refractivity contribution in [2.45, 2.75) is 19.4 Å². The van der Waals surface area contributed by atoms with Crippen molar-refractivity contribution < 1.29 is 24.2 Å². The Morgan fingerprint density at radius 2 is 1.88 bits per heavy atom. The number of aryl methyl sites for hydroxylation is 1. The summed E-state index contributed by atoms with van der Waals surface area (Å²) in [6.45, 7) is 6.20. The van der Waals surface area contributed by atoms with Gasteiger partial charge in [0.05, 0.1) is 31.9 Å². The molecule has 0 aliphatic carbocycles. The predicted octanol–water partition coefficient (Wildman–Crippen LogP) is 2.54. The third-order valence-corrected chi connectivity index (χ3v) is 6.23. The van der Waals surface area contributed by atoms with Crippen LogP contribution >= 0.6 is 0 Å². The number of aliphatic hydroxyl groups excluding tert-OH is 1. The van der Waals surface area contributed by atoms with Gasteiger partial charge in [-0.1, -0.05) is 0 Å².